The molecule has 0 aromatic carbocycles. The highest BCUT2D eigenvalue weighted by molar-refractivity contribution is 4.81. The summed E-state index contributed by atoms with van der Waals surface area (Å²) in [6.45, 7) is 8.05. The van der Waals surface area contributed by atoms with Crippen LogP contribution in [0, 0.1) is 0 Å². The average molecular weight is 190 g/mol. The number of ether oxygens (including phenoxy) is 4. The van der Waals surface area contributed by atoms with Gasteiger partial charge in [-0.2, -0.15) is 0 Å². The average Bonchev–Trinajstić information content (AvgIpc) is 2.87. The molecule has 0 N–H and O–H groups in total. The van der Waals surface area contributed by atoms with E-state index in [0.717, 1.165) is 0 Å². The van der Waals surface area contributed by atoms with E-state index in [0.29, 0.717) is 26.4 Å². The normalized spacial score (nSPS) is 21.9. The Labute approximate surface area is 79.1 Å². The lowest BCUT2D eigenvalue weighted by atomic mass is 10.4. The summed E-state index contributed by atoms with van der Waals surface area (Å²) in [6.07, 6.45) is -0.0626. The number of epoxide rings is 1. The molecule has 0 bridgehead atoms. The first-order chi connectivity index (χ1) is 6.29. The molecule has 78 valence electrons. The molecule has 1 atom stereocenters. The lowest BCUT2D eigenvalue weighted by Gasteiger charge is -2.30. The highest BCUT2D eigenvalue weighted by Crippen LogP contribution is 2.30. The third-order valence-electron chi connectivity index (χ3n) is 1.76. The lowest BCUT2D eigenvalue weighted by molar-refractivity contribution is -0.384. The second kappa shape index (κ2) is 4.91. The van der Waals surface area contributed by atoms with Crippen molar-refractivity contribution in [2.24, 2.45) is 0 Å². The van der Waals surface area contributed by atoms with E-state index in [1.165, 1.54) is 0 Å². The lowest BCUT2D eigenvalue weighted by Crippen LogP contribution is -2.45. The molecule has 0 aliphatic carbocycles. The van der Waals surface area contributed by atoms with Crippen LogP contribution in [0.25, 0.3) is 0 Å². The Hall–Kier alpha value is -0.160. The Morgan fingerprint density at radius 2 is 1.46 bits per heavy atom. The van der Waals surface area contributed by atoms with Crippen LogP contribution in [-0.4, -0.2) is 38.5 Å². The van der Waals surface area contributed by atoms with Gasteiger partial charge in [0.2, 0.25) is 0 Å². The van der Waals surface area contributed by atoms with Gasteiger partial charge in [-0.05, 0) is 20.8 Å². The third-order valence-corrected chi connectivity index (χ3v) is 1.76. The zero-order valence-corrected chi connectivity index (χ0v) is 8.54. The summed E-state index contributed by atoms with van der Waals surface area (Å²) < 4.78 is 21.6. The van der Waals surface area contributed by atoms with Crippen molar-refractivity contribution in [1.29, 1.82) is 0 Å². The molecule has 1 aliphatic heterocycles. The molecule has 1 fully saturated rings. The van der Waals surface area contributed by atoms with Gasteiger partial charge in [-0.3, -0.25) is 0 Å². The molecular formula is C9H18O4. The first kappa shape index (κ1) is 10.9. The Bertz CT molecular complexity index is 128. The zero-order valence-electron chi connectivity index (χ0n) is 8.54. The summed E-state index contributed by atoms with van der Waals surface area (Å²) in [5.41, 5.74) is 0. The number of rotatable bonds is 7. The van der Waals surface area contributed by atoms with Gasteiger partial charge in [0.05, 0.1) is 6.61 Å². The molecule has 0 radical (unpaired) electrons. The molecule has 0 amide bonds. The van der Waals surface area contributed by atoms with Crippen molar-refractivity contribution < 1.29 is 18.9 Å². The molecule has 4 nitrogen and oxygen atoms in total. The van der Waals surface area contributed by atoms with Crippen LogP contribution >= 0.6 is 0 Å². The maximum atomic E-state index is 5.46. The predicted octanol–water partition coefficient (Wildman–Crippen LogP) is 1.15. The Morgan fingerprint density at radius 1 is 1.08 bits per heavy atom. The van der Waals surface area contributed by atoms with Crippen molar-refractivity contribution in [3.63, 3.8) is 0 Å². The topological polar surface area (TPSA) is 40.2 Å². The van der Waals surface area contributed by atoms with E-state index in [9.17, 15) is 0 Å². The van der Waals surface area contributed by atoms with E-state index >= 15 is 0 Å². The minimum absolute atomic E-state index is 0.0626. The van der Waals surface area contributed by atoms with E-state index in [1.54, 1.807) is 0 Å². The minimum atomic E-state index is -0.960. The quantitative estimate of drug-likeness (QED) is 0.446. The van der Waals surface area contributed by atoms with Gasteiger partial charge in [-0.25, -0.2) is 0 Å². The van der Waals surface area contributed by atoms with E-state index in [2.05, 4.69) is 0 Å². The van der Waals surface area contributed by atoms with E-state index < -0.39 is 5.97 Å². The SMILES string of the molecule is CCOC(OCC)(OCC)C1CO1. The number of hydrogen-bond acceptors (Lipinski definition) is 4. The Balaban J connectivity index is 2.54. The van der Waals surface area contributed by atoms with Gasteiger partial charge in [-0.1, -0.05) is 0 Å². The highest BCUT2D eigenvalue weighted by atomic mass is 16.9. The van der Waals surface area contributed by atoms with Gasteiger partial charge < -0.3 is 18.9 Å². The summed E-state index contributed by atoms with van der Waals surface area (Å²) in [5.74, 6) is -0.960. The molecular weight excluding hydrogens is 172 g/mol. The van der Waals surface area contributed by atoms with Crippen molar-refractivity contribution in [3.05, 3.63) is 0 Å². The smallest absolute Gasteiger partial charge is 0.313 e. The molecule has 0 spiro atoms. The second-order valence-corrected chi connectivity index (χ2v) is 2.72. The molecule has 1 aliphatic rings. The highest BCUT2D eigenvalue weighted by Gasteiger charge is 2.50. The van der Waals surface area contributed by atoms with Crippen molar-refractivity contribution in [2.75, 3.05) is 26.4 Å². The zero-order chi connectivity index (χ0) is 9.73. The van der Waals surface area contributed by atoms with Gasteiger partial charge in [0.15, 0.2) is 6.10 Å². The van der Waals surface area contributed by atoms with Crippen LogP contribution in [-0.2, 0) is 18.9 Å². The van der Waals surface area contributed by atoms with Crippen LogP contribution in [0.3, 0.4) is 0 Å². The molecule has 0 aromatic rings. The molecule has 0 saturated carbocycles. The predicted molar refractivity (Wildman–Crippen MR) is 47.3 cm³/mol. The molecule has 4 heteroatoms. The molecule has 1 unspecified atom stereocenters. The maximum absolute atomic E-state index is 5.46. The van der Waals surface area contributed by atoms with Gasteiger partial charge in [-0.15, -0.1) is 0 Å². The van der Waals surface area contributed by atoms with E-state index in [-0.39, 0.29) is 6.10 Å². The fourth-order valence-electron chi connectivity index (χ4n) is 1.26. The summed E-state index contributed by atoms with van der Waals surface area (Å²) in [5, 5.41) is 0. The first-order valence-corrected chi connectivity index (χ1v) is 4.82. The third kappa shape index (κ3) is 2.64. The van der Waals surface area contributed by atoms with Crippen molar-refractivity contribution >= 4 is 0 Å². The van der Waals surface area contributed by atoms with Crippen LogP contribution in [0.15, 0.2) is 0 Å². The van der Waals surface area contributed by atoms with Crippen LogP contribution < -0.4 is 0 Å². The van der Waals surface area contributed by atoms with Gasteiger partial charge in [0, 0.05) is 19.8 Å². The first-order valence-electron chi connectivity index (χ1n) is 4.82. The van der Waals surface area contributed by atoms with Crippen LogP contribution in [0.1, 0.15) is 20.8 Å². The fraction of sp³-hybridized carbons (Fsp3) is 1.00. The van der Waals surface area contributed by atoms with Crippen molar-refractivity contribution in [1.82, 2.24) is 0 Å². The Kier molecular flexibility index (Phi) is 4.12. The standard InChI is InChI=1S/C9H18O4/c1-4-11-9(12-5-2,13-6-3)8-7-10-8/h8H,4-7H2,1-3H3. The molecule has 1 rings (SSSR count). The largest absolute Gasteiger partial charge is 0.364 e. The van der Waals surface area contributed by atoms with Crippen molar-refractivity contribution in [2.45, 2.75) is 32.8 Å². The van der Waals surface area contributed by atoms with Gasteiger partial charge >= 0.3 is 5.97 Å². The van der Waals surface area contributed by atoms with E-state index in [4.69, 9.17) is 18.9 Å². The van der Waals surface area contributed by atoms with Crippen LogP contribution in [0.2, 0.25) is 0 Å². The van der Waals surface area contributed by atoms with Gasteiger partial charge in [0.25, 0.3) is 0 Å². The summed E-state index contributed by atoms with van der Waals surface area (Å²) >= 11 is 0. The van der Waals surface area contributed by atoms with Gasteiger partial charge in [0.1, 0.15) is 0 Å². The monoisotopic (exact) mass is 190 g/mol. The maximum Gasteiger partial charge on any atom is 0.313 e. The second-order valence-electron chi connectivity index (χ2n) is 2.72. The molecule has 1 heterocycles. The minimum Gasteiger partial charge on any atom is -0.364 e. The molecule has 1 saturated heterocycles. The molecule has 13 heavy (non-hydrogen) atoms. The van der Waals surface area contributed by atoms with Crippen LogP contribution in [0.4, 0.5) is 0 Å². The van der Waals surface area contributed by atoms with Crippen LogP contribution in [0.5, 0.6) is 0 Å². The summed E-state index contributed by atoms with van der Waals surface area (Å²) in [7, 11) is 0. The Morgan fingerprint density at radius 3 is 1.69 bits per heavy atom. The van der Waals surface area contributed by atoms with E-state index in [1.807, 2.05) is 20.8 Å². The number of hydrogen-bond donors (Lipinski definition) is 0. The van der Waals surface area contributed by atoms with Crippen molar-refractivity contribution in [3.8, 4) is 0 Å². The molecule has 0 aromatic heterocycles. The fourth-order valence-corrected chi connectivity index (χ4v) is 1.26. The summed E-state index contributed by atoms with van der Waals surface area (Å²) in [4.78, 5) is 0. The summed E-state index contributed by atoms with van der Waals surface area (Å²) in [6, 6.07) is 0.